The molecular formula is C22H26FN3O. The van der Waals surface area contributed by atoms with E-state index in [0.717, 1.165) is 39.0 Å². The lowest BCUT2D eigenvalue weighted by Crippen LogP contribution is -2.53. The van der Waals surface area contributed by atoms with E-state index in [4.69, 9.17) is 0 Å². The van der Waals surface area contributed by atoms with E-state index < -0.39 is 5.82 Å². The summed E-state index contributed by atoms with van der Waals surface area (Å²) >= 11 is 0. The molecule has 2 aromatic carbocycles. The first-order valence-corrected chi connectivity index (χ1v) is 9.80. The molecule has 0 atom stereocenters. The molecule has 5 heteroatoms. The molecule has 0 aliphatic carbocycles. The lowest BCUT2D eigenvalue weighted by Gasteiger charge is -2.43. The van der Waals surface area contributed by atoms with Gasteiger partial charge in [-0.2, -0.15) is 0 Å². The molecule has 2 aliphatic heterocycles. The number of piperazine rings is 1. The van der Waals surface area contributed by atoms with E-state index in [1.165, 1.54) is 11.8 Å². The Hall–Kier alpha value is -2.40. The Bertz CT molecular complexity index is 766. The van der Waals surface area contributed by atoms with Gasteiger partial charge in [-0.3, -0.25) is 9.69 Å². The summed E-state index contributed by atoms with van der Waals surface area (Å²) in [4.78, 5) is 19.4. The number of benzene rings is 2. The molecule has 2 saturated heterocycles. The summed E-state index contributed by atoms with van der Waals surface area (Å²) in [6.07, 6.45) is 1.93. The van der Waals surface area contributed by atoms with E-state index in [1.807, 2.05) is 0 Å². The molecule has 0 unspecified atom stereocenters. The topological polar surface area (TPSA) is 26.8 Å². The first-order valence-electron chi connectivity index (χ1n) is 9.80. The van der Waals surface area contributed by atoms with Gasteiger partial charge in [0, 0.05) is 51.0 Å². The summed E-state index contributed by atoms with van der Waals surface area (Å²) in [6.45, 7) is 5.60. The Balaban J connectivity index is 1.29. The van der Waals surface area contributed by atoms with Crippen molar-refractivity contribution in [3.05, 3.63) is 66.0 Å². The van der Waals surface area contributed by atoms with Gasteiger partial charge < -0.3 is 9.80 Å². The molecule has 0 bridgehead atoms. The zero-order chi connectivity index (χ0) is 18.6. The van der Waals surface area contributed by atoms with Gasteiger partial charge in [-0.25, -0.2) is 4.39 Å². The molecule has 0 N–H and O–H groups in total. The van der Waals surface area contributed by atoms with Gasteiger partial charge in [-0.1, -0.05) is 30.3 Å². The molecule has 0 aromatic heterocycles. The molecule has 4 nitrogen and oxygen atoms in total. The fourth-order valence-electron chi connectivity index (χ4n) is 4.22. The van der Waals surface area contributed by atoms with E-state index in [-0.39, 0.29) is 11.5 Å². The molecule has 0 saturated carbocycles. The minimum Gasteiger partial charge on any atom is -0.369 e. The van der Waals surface area contributed by atoms with Gasteiger partial charge in [-0.15, -0.1) is 0 Å². The maximum Gasteiger partial charge on any atom is 0.256 e. The molecule has 0 radical (unpaired) electrons. The Kier molecular flexibility index (Phi) is 5.39. The number of amides is 1. The number of rotatable bonds is 3. The highest BCUT2D eigenvalue weighted by Crippen LogP contribution is 2.22. The maximum atomic E-state index is 13.9. The number of carbonyl (C=O) groups is 1. The molecule has 4 rings (SSSR count). The maximum absolute atomic E-state index is 13.9. The van der Waals surface area contributed by atoms with Crippen LogP contribution in [0.2, 0.25) is 0 Å². The third-order valence-electron chi connectivity index (χ3n) is 5.81. The third-order valence-corrected chi connectivity index (χ3v) is 5.81. The minimum atomic E-state index is -0.429. The number of likely N-dealkylation sites (tertiary alicyclic amines) is 1. The second kappa shape index (κ2) is 8.09. The first kappa shape index (κ1) is 18.0. The Labute approximate surface area is 160 Å². The predicted molar refractivity (Wildman–Crippen MR) is 106 cm³/mol. The van der Waals surface area contributed by atoms with Gasteiger partial charge >= 0.3 is 0 Å². The van der Waals surface area contributed by atoms with Gasteiger partial charge in [0.1, 0.15) is 5.82 Å². The number of anilines is 1. The lowest BCUT2D eigenvalue weighted by molar-refractivity contribution is 0.0607. The highest BCUT2D eigenvalue weighted by atomic mass is 19.1. The summed E-state index contributed by atoms with van der Waals surface area (Å²) in [5, 5.41) is 0. The predicted octanol–water partition coefficient (Wildman–Crippen LogP) is 3.25. The van der Waals surface area contributed by atoms with Crippen molar-refractivity contribution >= 4 is 11.6 Å². The molecule has 0 spiro atoms. The summed E-state index contributed by atoms with van der Waals surface area (Å²) < 4.78 is 13.9. The number of carbonyl (C=O) groups excluding carboxylic acids is 1. The van der Waals surface area contributed by atoms with Crippen molar-refractivity contribution in [3.63, 3.8) is 0 Å². The monoisotopic (exact) mass is 367 g/mol. The first-order chi connectivity index (χ1) is 13.2. The summed E-state index contributed by atoms with van der Waals surface area (Å²) in [5.74, 6) is -0.609. The summed E-state index contributed by atoms with van der Waals surface area (Å²) in [7, 11) is 0. The molecule has 27 heavy (non-hydrogen) atoms. The number of hydrogen-bond donors (Lipinski definition) is 0. The van der Waals surface area contributed by atoms with Crippen molar-refractivity contribution in [1.29, 1.82) is 0 Å². The largest absolute Gasteiger partial charge is 0.369 e. The quantitative estimate of drug-likeness (QED) is 0.833. The van der Waals surface area contributed by atoms with Crippen molar-refractivity contribution in [1.82, 2.24) is 9.80 Å². The van der Waals surface area contributed by atoms with Crippen LogP contribution in [0.25, 0.3) is 0 Å². The molecule has 2 aromatic rings. The van der Waals surface area contributed by atoms with Crippen LogP contribution >= 0.6 is 0 Å². The average Bonchev–Trinajstić information content (AvgIpc) is 2.74. The molecule has 2 aliphatic rings. The summed E-state index contributed by atoms with van der Waals surface area (Å²) in [5.41, 5.74) is 1.48. The van der Waals surface area contributed by atoms with Crippen LogP contribution in [0, 0.1) is 5.82 Å². The number of hydrogen-bond acceptors (Lipinski definition) is 3. The minimum absolute atomic E-state index is 0.180. The number of halogens is 1. The molecular weight excluding hydrogens is 341 g/mol. The van der Waals surface area contributed by atoms with Crippen LogP contribution in [-0.4, -0.2) is 61.0 Å². The zero-order valence-electron chi connectivity index (χ0n) is 15.6. The smallest absolute Gasteiger partial charge is 0.256 e. The van der Waals surface area contributed by atoms with Gasteiger partial charge in [-0.05, 0) is 37.1 Å². The third kappa shape index (κ3) is 3.98. The van der Waals surface area contributed by atoms with Crippen molar-refractivity contribution in [2.45, 2.75) is 18.9 Å². The van der Waals surface area contributed by atoms with Crippen LogP contribution < -0.4 is 4.90 Å². The van der Waals surface area contributed by atoms with Gasteiger partial charge in [0.05, 0.1) is 5.56 Å². The van der Waals surface area contributed by atoms with Crippen molar-refractivity contribution in [3.8, 4) is 0 Å². The molecule has 2 heterocycles. The SMILES string of the molecule is O=C(c1ccccc1F)N1CCC(N2CCN(c3ccccc3)CC2)CC1. The lowest BCUT2D eigenvalue weighted by atomic mass is 10.0. The zero-order valence-corrected chi connectivity index (χ0v) is 15.6. The van der Waals surface area contributed by atoms with Crippen LogP contribution in [0.5, 0.6) is 0 Å². The van der Waals surface area contributed by atoms with E-state index in [2.05, 4.69) is 40.1 Å². The van der Waals surface area contributed by atoms with Crippen LogP contribution in [0.4, 0.5) is 10.1 Å². The van der Waals surface area contributed by atoms with Gasteiger partial charge in [0.15, 0.2) is 0 Å². The summed E-state index contributed by atoms with van der Waals surface area (Å²) in [6, 6.07) is 17.4. The molecule has 1 amide bonds. The van der Waals surface area contributed by atoms with E-state index >= 15 is 0 Å². The second-order valence-corrected chi connectivity index (χ2v) is 7.36. The fourth-order valence-corrected chi connectivity index (χ4v) is 4.22. The van der Waals surface area contributed by atoms with Gasteiger partial charge in [0.25, 0.3) is 5.91 Å². The fraction of sp³-hybridized carbons (Fsp3) is 0.409. The van der Waals surface area contributed by atoms with Crippen molar-refractivity contribution in [2.75, 3.05) is 44.2 Å². The van der Waals surface area contributed by atoms with Crippen LogP contribution in [0.15, 0.2) is 54.6 Å². The highest BCUT2D eigenvalue weighted by Gasteiger charge is 2.30. The normalized spacial score (nSPS) is 19.3. The van der Waals surface area contributed by atoms with Crippen molar-refractivity contribution < 1.29 is 9.18 Å². The average molecular weight is 367 g/mol. The number of piperidine rings is 1. The highest BCUT2D eigenvalue weighted by molar-refractivity contribution is 5.94. The molecule has 2 fully saturated rings. The van der Waals surface area contributed by atoms with Gasteiger partial charge in [0.2, 0.25) is 0 Å². The molecule has 142 valence electrons. The second-order valence-electron chi connectivity index (χ2n) is 7.36. The standard InChI is InChI=1S/C22H26FN3O/c23-21-9-5-4-8-20(21)22(27)26-12-10-19(11-13-26)25-16-14-24(15-17-25)18-6-2-1-3-7-18/h1-9,19H,10-17H2. The Morgan fingerprint density at radius 3 is 2.11 bits per heavy atom. The Morgan fingerprint density at radius 1 is 0.815 bits per heavy atom. The van der Waals surface area contributed by atoms with E-state index in [1.54, 1.807) is 23.1 Å². The van der Waals surface area contributed by atoms with Crippen LogP contribution in [-0.2, 0) is 0 Å². The number of para-hydroxylation sites is 1. The Morgan fingerprint density at radius 2 is 1.44 bits per heavy atom. The van der Waals surface area contributed by atoms with Crippen LogP contribution in [0.3, 0.4) is 0 Å². The number of nitrogens with zero attached hydrogens (tertiary/aromatic N) is 3. The van der Waals surface area contributed by atoms with E-state index in [9.17, 15) is 9.18 Å². The van der Waals surface area contributed by atoms with E-state index in [0.29, 0.717) is 19.1 Å². The van der Waals surface area contributed by atoms with Crippen LogP contribution in [0.1, 0.15) is 23.2 Å². The van der Waals surface area contributed by atoms with Crippen molar-refractivity contribution in [2.24, 2.45) is 0 Å².